The molecular weight excluding hydrogens is 248 g/mol. The van der Waals surface area contributed by atoms with Crippen molar-refractivity contribution < 1.29 is 4.74 Å². The molecule has 0 bridgehead atoms. The lowest BCUT2D eigenvalue weighted by Crippen LogP contribution is -2.15. The highest BCUT2D eigenvalue weighted by molar-refractivity contribution is 5.08. The zero-order valence-corrected chi connectivity index (χ0v) is 13.0. The summed E-state index contributed by atoms with van der Waals surface area (Å²) in [6.07, 6.45) is 14.1. The molecule has 2 rings (SSSR count). The second-order valence-electron chi connectivity index (χ2n) is 6.05. The molecule has 0 amide bonds. The highest BCUT2D eigenvalue weighted by Gasteiger charge is 2.23. The van der Waals surface area contributed by atoms with Crippen molar-refractivity contribution >= 4 is 0 Å². The predicted octanol–water partition coefficient (Wildman–Crippen LogP) is 4.13. The maximum Gasteiger partial charge on any atom is 0.131 e. The van der Waals surface area contributed by atoms with Gasteiger partial charge in [0.2, 0.25) is 0 Å². The first kappa shape index (κ1) is 15.4. The van der Waals surface area contributed by atoms with E-state index in [4.69, 9.17) is 4.74 Å². The molecule has 0 radical (unpaired) electrons. The van der Waals surface area contributed by atoms with Gasteiger partial charge in [0.1, 0.15) is 5.82 Å². The lowest BCUT2D eigenvalue weighted by Gasteiger charge is -2.27. The van der Waals surface area contributed by atoms with Gasteiger partial charge < -0.3 is 4.74 Å². The second-order valence-corrected chi connectivity index (χ2v) is 6.05. The van der Waals surface area contributed by atoms with Crippen LogP contribution in [0.3, 0.4) is 0 Å². The number of rotatable bonds is 7. The molecule has 1 saturated carbocycles. The summed E-state index contributed by atoms with van der Waals surface area (Å²) in [7, 11) is 1.74. The van der Waals surface area contributed by atoms with Crippen LogP contribution in [0.2, 0.25) is 0 Å². The Kier molecular flexibility index (Phi) is 6.44. The standard InChI is InChI=1S/C17H28N2O/c1-3-5-14-7-9-16(10-8-14)17-18-12-15(13-19-17)6-4-11-20-2/h12-14,16H,3-11H2,1-2H3/t14-,16-. The quantitative estimate of drug-likeness (QED) is 0.702. The van der Waals surface area contributed by atoms with Gasteiger partial charge in [-0.3, -0.25) is 0 Å². The Labute approximate surface area is 123 Å². The van der Waals surface area contributed by atoms with E-state index in [1.54, 1.807) is 7.11 Å². The smallest absolute Gasteiger partial charge is 0.131 e. The second kappa shape index (κ2) is 8.35. The van der Waals surface area contributed by atoms with Gasteiger partial charge in [-0.05, 0) is 50.0 Å². The molecule has 3 heteroatoms. The number of nitrogens with zero attached hydrogens (tertiary/aromatic N) is 2. The fraction of sp³-hybridized carbons (Fsp3) is 0.765. The van der Waals surface area contributed by atoms with E-state index < -0.39 is 0 Å². The molecule has 1 heterocycles. The Balaban J connectivity index is 1.81. The zero-order valence-electron chi connectivity index (χ0n) is 13.0. The molecule has 3 nitrogen and oxygen atoms in total. The van der Waals surface area contributed by atoms with Gasteiger partial charge in [0.25, 0.3) is 0 Å². The number of aromatic nitrogens is 2. The van der Waals surface area contributed by atoms with Crippen LogP contribution in [0.4, 0.5) is 0 Å². The Morgan fingerprint density at radius 2 is 1.85 bits per heavy atom. The van der Waals surface area contributed by atoms with E-state index in [1.807, 2.05) is 12.4 Å². The van der Waals surface area contributed by atoms with Gasteiger partial charge in [0.05, 0.1) is 0 Å². The van der Waals surface area contributed by atoms with E-state index in [-0.39, 0.29) is 0 Å². The molecule has 20 heavy (non-hydrogen) atoms. The van der Waals surface area contributed by atoms with Gasteiger partial charge in [-0.15, -0.1) is 0 Å². The topological polar surface area (TPSA) is 35.0 Å². The number of hydrogen-bond acceptors (Lipinski definition) is 3. The third-order valence-electron chi connectivity index (χ3n) is 4.45. The molecule has 0 N–H and O–H groups in total. The van der Waals surface area contributed by atoms with E-state index >= 15 is 0 Å². The van der Waals surface area contributed by atoms with Crippen LogP contribution in [0.1, 0.15) is 69.2 Å². The first-order valence-corrected chi connectivity index (χ1v) is 8.13. The van der Waals surface area contributed by atoms with E-state index in [2.05, 4.69) is 16.9 Å². The lowest BCUT2D eigenvalue weighted by molar-refractivity contribution is 0.195. The number of aryl methyl sites for hydroxylation is 1. The summed E-state index contributed by atoms with van der Waals surface area (Å²) in [6.45, 7) is 3.10. The van der Waals surface area contributed by atoms with Crippen molar-refractivity contribution in [1.29, 1.82) is 0 Å². The van der Waals surface area contributed by atoms with Gasteiger partial charge >= 0.3 is 0 Å². The number of methoxy groups -OCH3 is 1. The third-order valence-corrected chi connectivity index (χ3v) is 4.45. The maximum absolute atomic E-state index is 5.07. The normalized spacial score (nSPS) is 22.9. The van der Waals surface area contributed by atoms with E-state index in [1.165, 1.54) is 44.1 Å². The van der Waals surface area contributed by atoms with Crippen LogP contribution < -0.4 is 0 Å². The van der Waals surface area contributed by atoms with E-state index in [9.17, 15) is 0 Å². The summed E-state index contributed by atoms with van der Waals surface area (Å²) >= 11 is 0. The van der Waals surface area contributed by atoms with Gasteiger partial charge in [-0.25, -0.2) is 9.97 Å². The summed E-state index contributed by atoms with van der Waals surface area (Å²) in [5.41, 5.74) is 1.23. The minimum atomic E-state index is 0.594. The Bertz CT molecular complexity index is 369. The lowest BCUT2D eigenvalue weighted by atomic mass is 9.80. The first-order valence-electron chi connectivity index (χ1n) is 8.13. The first-order chi connectivity index (χ1) is 9.83. The van der Waals surface area contributed by atoms with Crippen LogP contribution in [0, 0.1) is 5.92 Å². The Hall–Kier alpha value is -0.960. The molecule has 0 atom stereocenters. The fourth-order valence-electron chi connectivity index (χ4n) is 3.24. The van der Waals surface area contributed by atoms with Crippen molar-refractivity contribution in [2.75, 3.05) is 13.7 Å². The maximum atomic E-state index is 5.07. The van der Waals surface area contributed by atoms with Gasteiger partial charge in [0, 0.05) is 32.0 Å². The van der Waals surface area contributed by atoms with Crippen molar-refractivity contribution in [3.63, 3.8) is 0 Å². The molecule has 0 unspecified atom stereocenters. The zero-order chi connectivity index (χ0) is 14.2. The van der Waals surface area contributed by atoms with Gasteiger partial charge in [0.15, 0.2) is 0 Å². The highest BCUT2D eigenvalue weighted by atomic mass is 16.5. The molecule has 0 spiro atoms. The molecule has 1 aliphatic carbocycles. The molecule has 1 fully saturated rings. The highest BCUT2D eigenvalue weighted by Crippen LogP contribution is 2.35. The summed E-state index contributed by atoms with van der Waals surface area (Å²) in [6, 6.07) is 0. The molecule has 112 valence electrons. The van der Waals surface area contributed by atoms with Crippen molar-refractivity contribution in [3.05, 3.63) is 23.8 Å². The molecule has 1 aromatic heterocycles. The van der Waals surface area contributed by atoms with Crippen LogP contribution >= 0.6 is 0 Å². The molecule has 1 aliphatic rings. The largest absolute Gasteiger partial charge is 0.385 e. The van der Waals surface area contributed by atoms with E-state index in [0.717, 1.165) is 31.2 Å². The van der Waals surface area contributed by atoms with Gasteiger partial charge in [-0.1, -0.05) is 19.8 Å². The molecule has 0 saturated heterocycles. The number of ether oxygens (including phenoxy) is 1. The van der Waals surface area contributed by atoms with Crippen molar-refractivity contribution in [2.24, 2.45) is 5.92 Å². The molecular formula is C17H28N2O. The predicted molar refractivity (Wildman–Crippen MR) is 81.8 cm³/mol. The summed E-state index contributed by atoms with van der Waals surface area (Å²) in [5.74, 6) is 2.61. The molecule has 1 aromatic rings. The Morgan fingerprint density at radius 1 is 1.15 bits per heavy atom. The minimum Gasteiger partial charge on any atom is -0.385 e. The van der Waals surface area contributed by atoms with Crippen molar-refractivity contribution in [3.8, 4) is 0 Å². The van der Waals surface area contributed by atoms with Crippen LogP contribution in [-0.2, 0) is 11.2 Å². The Morgan fingerprint density at radius 3 is 2.45 bits per heavy atom. The van der Waals surface area contributed by atoms with Crippen LogP contribution in [0.5, 0.6) is 0 Å². The third kappa shape index (κ3) is 4.55. The fourth-order valence-corrected chi connectivity index (χ4v) is 3.24. The molecule has 0 aromatic carbocycles. The average Bonchev–Trinajstić information content (AvgIpc) is 2.49. The van der Waals surface area contributed by atoms with Crippen LogP contribution in [0.15, 0.2) is 12.4 Å². The SMILES string of the molecule is CCC[C@H]1CC[C@H](c2ncc(CCCOC)cn2)CC1. The minimum absolute atomic E-state index is 0.594. The molecule has 0 aliphatic heterocycles. The van der Waals surface area contributed by atoms with Gasteiger partial charge in [-0.2, -0.15) is 0 Å². The summed E-state index contributed by atoms with van der Waals surface area (Å²) in [4.78, 5) is 9.20. The average molecular weight is 276 g/mol. The van der Waals surface area contributed by atoms with E-state index in [0.29, 0.717) is 5.92 Å². The van der Waals surface area contributed by atoms with Crippen LogP contribution in [0.25, 0.3) is 0 Å². The summed E-state index contributed by atoms with van der Waals surface area (Å²) in [5, 5.41) is 0. The van der Waals surface area contributed by atoms with Crippen molar-refractivity contribution in [1.82, 2.24) is 9.97 Å². The summed E-state index contributed by atoms with van der Waals surface area (Å²) < 4.78 is 5.07. The van der Waals surface area contributed by atoms with Crippen LogP contribution in [-0.4, -0.2) is 23.7 Å². The van der Waals surface area contributed by atoms with Crippen molar-refractivity contribution in [2.45, 2.75) is 64.2 Å². The number of hydrogen-bond donors (Lipinski definition) is 0. The monoisotopic (exact) mass is 276 g/mol.